The summed E-state index contributed by atoms with van der Waals surface area (Å²) in [7, 11) is 1.12. The third kappa shape index (κ3) is 7.21. The SMILES string of the molecule is CCN(CC)Cc1cccc(CNC(=NC)NC2CCCC(S(=O)CC)C2)c1. The molecule has 0 amide bonds. The number of guanidine groups is 1. The highest BCUT2D eigenvalue weighted by Crippen LogP contribution is 2.23. The molecule has 0 saturated heterocycles. The van der Waals surface area contributed by atoms with E-state index in [9.17, 15) is 4.21 Å². The van der Waals surface area contributed by atoms with Gasteiger partial charge in [0.2, 0.25) is 0 Å². The van der Waals surface area contributed by atoms with Crippen LogP contribution in [0.4, 0.5) is 0 Å². The number of benzene rings is 1. The van der Waals surface area contributed by atoms with Gasteiger partial charge in [0, 0.05) is 48.0 Å². The number of aliphatic imine (C=N–C) groups is 1. The highest BCUT2D eigenvalue weighted by atomic mass is 32.2. The predicted molar refractivity (Wildman–Crippen MR) is 121 cm³/mol. The Morgan fingerprint density at radius 2 is 1.96 bits per heavy atom. The molecule has 0 bridgehead atoms. The minimum atomic E-state index is -0.698. The van der Waals surface area contributed by atoms with E-state index in [1.165, 1.54) is 11.1 Å². The fourth-order valence-electron chi connectivity index (χ4n) is 3.87. The molecule has 5 nitrogen and oxygen atoms in total. The monoisotopic (exact) mass is 406 g/mol. The van der Waals surface area contributed by atoms with Gasteiger partial charge in [-0.25, -0.2) is 0 Å². The van der Waals surface area contributed by atoms with Crippen LogP contribution >= 0.6 is 0 Å². The maximum atomic E-state index is 12.2. The van der Waals surface area contributed by atoms with Gasteiger partial charge in [0.1, 0.15) is 0 Å². The number of rotatable bonds is 9. The van der Waals surface area contributed by atoms with Crippen LogP contribution in [0.5, 0.6) is 0 Å². The molecule has 158 valence electrons. The Morgan fingerprint density at radius 1 is 1.21 bits per heavy atom. The van der Waals surface area contributed by atoms with Gasteiger partial charge in [-0.2, -0.15) is 0 Å². The van der Waals surface area contributed by atoms with Crippen LogP contribution < -0.4 is 10.6 Å². The second-order valence-corrected chi connectivity index (χ2v) is 9.51. The van der Waals surface area contributed by atoms with Crippen LogP contribution in [0, 0.1) is 0 Å². The lowest BCUT2D eigenvalue weighted by molar-refractivity contribution is 0.296. The molecule has 3 atom stereocenters. The Kier molecular flexibility index (Phi) is 9.99. The second-order valence-electron chi connectivity index (χ2n) is 7.51. The molecule has 0 heterocycles. The fraction of sp³-hybridized carbons (Fsp3) is 0.682. The Labute approximate surface area is 173 Å². The predicted octanol–water partition coefficient (Wildman–Crippen LogP) is 3.27. The molecule has 1 aromatic rings. The maximum Gasteiger partial charge on any atom is 0.191 e. The van der Waals surface area contributed by atoms with E-state index in [0.717, 1.165) is 63.6 Å². The van der Waals surface area contributed by atoms with Crippen molar-refractivity contribution in [3.05, 3.63) is 35.4 Å². The summed E-state index contributed by atoms with van der Waals surface area (Å²) in [5, 5.41) is 7.32. The number of nitrogens with one attached hydrogen (secondary N) is 2. The van der Waals surface area contributed by atoms with Gasteiger partial charge in [-0.15, -0.1) is 0 Å². The summed E-state index contributed by atoms with van der Waals surface area (Å²) >= 11 is 0. The first kappa shape index (κ1) is 22.9. The van der Waals surface area contributed by atoms with E-state index in [-0.39, 0.29) is 0 Å². The van der Waals surface area contributed by atoms with Crippen LogP contribution in [0.1, 0.15) is 57.6 Å². The van der Waals surface area contributed by atoms with Gasteiger partial charge in [0.25, 0.3) is 0 Å². The van der Waals surface area contributed by atoms with Crippen molar-refractivity contribution in [2.24, 2.45) is 4.99 Å². The van der Waals surface area contributed by atoms with Gasteiger partial charge in [0.15, 0.2) is 5.96 Å². The molecule has 0 radical (unpaired) electrons. The highest BCUT2D eigenvalue weighted by molar-refractivity contribution is 7.85. The zero-order valence-electron chi connectivity index (χ0n) is 18.0. The third-order valence-electron chi connectivity index (χ3n) is 5.60. The average Bonchev–Trinajstić information content (AvgIpc) is 2.74. The molecule has 6 heteroatoms. The molecule has 1 aromatic carbocycles. The molecule has 1 saturated carbocycles. The van der Waals surface area contributed by atoms with E-state index in [2.05, 4.69) is 58.6 Å². The zero-order valence-corrected chi connectivity index (χ0v) is 18.9. The Hall–Kier alpha value is -1.40. The topological polar surface area (TPSA) is 56.7 Å². The minimum absolute atomic E-state index is 0.325. The van der Waals surface area contributed by atoms with Gasteiger partial charge in [-0.1, -0.05) is 51.5 Å². The molecule has 1 aliphatic carbocycles. The summed E-state index contributed by atoms with van der Waals surface area (Å²) in [5.41, 5.74) is 2.62. The van der Waals surface area contributed by atoms with Crippen molar-refractivity contribution in [2.75, 3.05) is 25.9 Å². The maximum absolute atomic E-state index is 12.2. The van der Waals surface area contributed by atoms with E-state index >= 15 is 0 Å². The lowest BCUT2D eigenvalue weighted by atomic mass is 9.95. The molecule has 3 unspecified atom stereocenters. The lowest BCUT2D eigenvalue weighted by Gasteiger charge is -2.30. The molecular formula is C22H38N4OS. The fourth-order valence-corrected chi connectivity index (χ4v) is 5.22. The third-order valence-corrected chi connectivity index (χ3v) is 7.34. The molecule has 0 aliphatic heterocycles. The van der Waals surface area contributed by atoms with Crippen LogP contribution in [-0.4, -0.2) is 52.3 Å². The number of hydrogen-bond donors (Lipinski definition) is 2. The van der Waals surface area contributed by atoms with Crippen LogP contribution in [0.3, 0.4) is 0 Å². The second kappa shape index (κ2) is 12.2. The van der Waals surface area contributed by atoms with Crippen molar-refractivity contribution >= 4 is 16.8 Å². The summed E-state index contributed by atoms with van der Waals surface area (Å²) in [5.74, 6) is 1.59. The Bertz CT molecular complexity index is 645. The lowest BCUT2D eigenvalue weighted by Crippen LogP contribution is -2.46. The Balaban J connectivity index is 1.87. The van der Waals surface area contributed by atoms with E-state index in [4.69, 9.17) is 0 Å². The Morgan fingerprint density at radius 3 is 2.64 bits per heavy atom. The molecular weight excluding hydrogens is 368 g/mol. The first-order valence-electron chi connectivity index (χ1n) is 10.7. The smallest absolute Gasteiger partial charge is 0.191 e. The quantitative estimate of drug-likeness (QED) is 0.488. The molecule has 0 spiro atoms. The van der Waals surface area contributed by atoms with Crippen molar-refractivity contribution in [1.29, 1.82) is 0 Å². The largest absolute Gasteiger partial charge is 0.354 e. The average molecular weight is 407 g/mol. The van der Waals surface area contributed by atoms with Gasteiger partial charge < -0.3 is 10.6 Å². The highest BCUT2D eigenvalue weighted by Gasteiger charge is 2.26. The summed E-state index contributed by atoms with van der Waals surface area (Å²) in [6.45, 7) is 10.3. The van der Waals surface area contributed by atoms with E-state index in [0.29, 0.717) is 11.3 Å². The summed E-state index contributed by atoms with van der Waals surface area (Å²) < 4.78 is 12.2. The summed E-state index contributed by atoms with van der Waals surface area (Å²) in [6.07, 6.45) is 4.32. The molecule has 2 N–H and O–H groups in total. The summed E-state index contributed by atoms with van der Waals surface area (Å²) in [4.78, 5) is 6.82. The first-order chi connectivity index (χ1) is 13.6. The van der Waals surface area contributed by atoms with Gasteiger partial charge >= 0.3 is 0 Å². The molecule has 2 rings (SSSR count). The minimum Gasteiger partial charge on any atom is -0.354 e. The number of nitrogens with zero attached hydrogens (tertiary/aromatic N) is 2. The van der Waals surface area contributed by atoms with Crippen LogP contribution in [-0.2, 0) is 23.9 Å². The molecule has 0 aromatic heterocycles. The summed E-state index contributed by atoms with van der Waals surface area (Å²) in [6, 6.07) is 9.13. The molecule has 1 aliphatic rings. The van der Waals surface area contributed by atoms with Gasteiger partial charge in [-0.05, 0) is 43.5 Å². The van der Waals surface area contributed by atoms with Crippen molar-refractivity contribution < 1.29 is 4.21 Å². The standard InChI is InChI=1S/C22H38N4OS/c1-5-26(6-2)17-19-11-8-10-18(14-19)16-24-22(23-4)25-20-12-9-13-21(15-20)28(27)7-3/h8,10-11,14,20-21H,5-7,9,12-13,15-17H2,1-4H3,(H2,23,24,25). The van der Waals surface area contributed by atoms with Crippen molar-refractivity contribution in [1.82, 2.24) is 15.5 Å². The van der Waals surface area contributed by atoms with Gasteiger partial charge in [0.05, 0.1) is 0 Å². The van der Waals surface area contributed by atoms with E-state index in [1.54, 1.807) is 0 Å². The van der Waals surface area contributed by atoms with E-state index in [1.807, 2.05) is 14.0 Å². The van der Waals surface area contributed by atoms with Crippen molar-refractivity contribution in [2.45, 2.75) is 70.8 Å². The van der Waals surface area contributed by atoms with Crippen LogP contribution in [0.25, 0.3) is 0 Å². The van der Waals surface area contributed by atoms with Crippen LogP contribution in [0.15, 0.2) is 29.3 Å². The van der Waals surface area contributed by atoms with Gasteiger partial charge in [-0.3, -0.25) is 14.1 Å². The van der Waals surface area contributed by atoms with E-state index < -0.39 is 10.8 Å². The van der Waals surface area contributed by atoms with Crippen molar-refractivity contribution in [3.63, 3.8) is 0 Å². The zero-order chi connectivity index (χ0) is 20.4. The van der Waals surface area contributed by atoms with Crippen molar-refractivity contribution in [3.8, 4) is 0 Å². The van der Waals surface area contributed by atoms with Crippen LogP contribution in [0.2, 0.25) is 0 Å². The first-order valence-corrected chi connectivity index (χ1v) is 12.1. The number of hydrogen-bond acceptors (Lipinski definition) is 3. The normalized spacial score (nSPS) is 21.5. The molecule has 28 heavy (non-hydrogen) atoms. The molecule has 1 fully saturated rings.